The van der Waals surface area contributed by atoms with E-state index in [9.17, 15) is 9.18 Å². The molecule has 1 N–H and O–H groups in total. The molecule has 0 atom stereocenters. The monoisotopic (exact) mass is 295 g/mol. The van der Waals surface area contributed by atoms with E-state index < -0.39 is 5.82 Å². The van der Waals surface area contributed by atoms with Crippen LogP contribution in [-0.2, 0) is 4.79 Å². The van der Waals surface area contributed by atoms with Gasteiger partial charge in [-0.25, -0.2) is 8.70 Å². The summed E-state index contributed by atoms with van der Waals surface area (Å²) in [5.41, 5.74) is 0.494. The third-order valence-corrected chi connectivity index (χ3v) is 3.59. The van der Waals surface area contributed by atoms with E-state index >= 15 is 0 Å². The van der Waals surface area contributed by atoms with Crippen LogP contribution in [0.3, 0.4) is 0 Å². The van der Waals surface area contributed by atoms with Gasteiger partial charge in [0.05, 0.1) is 17.8 Å². The molecule has 0 aliphatic heterocycles. The number of aldehydes is 1. The summed E-state index contributed by atoms with van der Waals surface area (Å²) >= 11 is 1.27. The molecule has 1 rings (SSSR count). The van der Waals surface area contributed by atoms with Gasteiger partial charge in [0, 0.05) is 17.5 Å². The lowest BCUT2D eigenvalue weighted by atomic mass is 10.1. The van der Waals surface area contributed by atoms with Crippen molar-refractivity contribution in [1.29, 1.82) is 5.26 Å². The zero-order valence-electron chi connectivity index (χ0n) is 11.8. The van der Waals surface area contributed by atoms with Gasteiger partial charge in [0.2, 0.25) is 0 Å². The SMILES string of the molecule is CCN(CC=O)Sc1cc(F)c(NC(C)C)c(C#N)c1. The maximum absolute atomic E-state index is 14.1. The molecule has 0 aromatic heterocycles. The van der Waals surface area contributed by atoms with E-state index in [1.807, 2.05) is 26.8 Å². The highest BCUT2D eigenvalue weighted by Crippen LogP contribution is 2.29. The highest BCUT2D eigenvalue weighted by Gasteiger charge is 2.14. The molecule has 1 aromatic rings. The van der Waals surface area contributed by atoms with E-state index in [-0.39, 0.29) is 23.8 Å². The van der Waals surface area contributed by atoms with E-state index in [2.05, 4.69) is 5.32 Å². The Morgan fingerprint density at radius 3 is 2.75 bits per heavy atom. The van der Waals surface area contributed by atoms with Gasteiger partial charge in [0.1, 0.15) is 18.2 Å². The zero-order valence-corrected chi connectivity index (χ0v) is 12.6. The number of hydrogen-bond acceptors (Lipinski definition) is 5. The van der Waals surface area contributed by atoms with Crippen LogP contribution in [-0.4, -0.2) is 29.7 Å². The van der Waals surface area contributed by atoms with Crippen LogP contribution < -0.4 is 5.32 Å². The van der Waals surface area contributed by atoms with Crippen LogP contribution in [0, 0.1) is 17.1 Å². The van der Waals surface area contributed by atoms with Crippen molar-refractivity contribution in [3.63, 3.8) is 0 Å². The van der Waals surface area contributed by atoms with Gasteiger partial charge >= 0.3 is 0 Å². The van der Waals surface area contributed by atoms with Crippen molar-refractivity contribution >= 4 is 23.9 Å². The number of halogens is 1. The lowest BCUT2D eigenvalue weighted by molar-refractivity contribution is -0.107. The van der Waals surface area contributed by atoms with Crippen LogP contribution >= 0.6 is 11.9 Å². The Labute approximate surface area is 123 Å². The number of carbonyl (C=O) groups excluding carboxylic acids is 1. The minimum Gasteiger partial charge on any atom is -0.379 e. The Morgan fingerprint density at radius 2 is 2.25 bits per heavy atom. The zero-order chi connectivity index (χ0) is 15.1. The van der Waals surface area contributed by atoms with Gasteiger partial charge in [-0.15, -0.1) is 0 Å². The van der Waals surface area contributed by atoms with E-state index in [1.165, 1.54) is 18.0 Å². The maximum atomic E-state index is 14.1. The first-order valence-corrected chi connectivity index (χ1v) is 7.15. The highest BCUT2D eigenvalue weighted by molar-refractivity contribution is 7.97. The van der Waals surface area contributed by atoms with Crippen molar-refractivity contribution in [3.05, 3.63) is 23.5 Å². The average molecular weight is 295 g/mol. The molecule has 0 saturated carbocycles. The standard InChI is InChI=1S/C14H18FN3OS/c1-4-18(5-6-19)20-12-7-11(9-16)14(13(15)8-12)17-10(2)3/h6-8,10,17H,4-5H2,1-3H3. The Hall–Kier alpha value is -1.58. The summed E-state index contributed by atoms with van der Waals surface area (Å²) in [5.74, 6) is -0.456. The highest BCUT2D eigenvalue weighted by atomic mass is 32.2. The molecule has 0 saturated heterocycles. The van der Waals surface area contributed by atoms with Crippen LogP contribution in [0.1, 0.15) is 26.3 Å². The number of rotatable bonds is 7. The Kier molecular flexibility index (Phi) is 6.49. The molecule has 0 spiro atoms. The van der Waals surface area contributed by atoms with Gasteiger partial charge in [0.15, 0.2) is 0 Å². The minimum atomic E-state index is -0.456. The topological polar surface area (TPSA) is 56.1 Å². The summed E-state index contributed by atoms with van der Waals surface area (Å²) in [4.78, 5) is 11.1. The molecule has 0 heterocycles. The molecule has 4 nitrogen and oxygen atoms in total. The van der Waals surface area contributed by atoms with E-state index in [0.717, 1.165) is 6.29 Å². The van der Waals surface area contributed by atoms with Gasteiger partial charge in [-0.3, -0.25) is 0 Å². The molecule has 108 valence electrons. The van der Waals surface area contributed by atoms with Crippen LogP contribution in [0.25, 0.3) is 0 Å². The summed E-state index contributed by atoms with van der Waals surface area (Å²) < 4.78 is 15.9. The molecule has 1 aromatic carbocycles. The molecule has 0 unspecified atom stereocenters. The maximum Gasteiger partial charge on any atom is 0.148 e. The van der Waals surface area contributed by atoms with Crippen molar-refractivity contribution in [2.24, 2.45) is 0 Å². The normalized spacial score (nSPS) is 10.7. The summed E-state index contributed by atoms with van der Waals surface area (Å²) in [6.07, 6.45) is 0.798. The quantitative estimate of drug-likeness (QED) is 0.619. The van der Waals surface area contributed by atoms with E-state index in [0.29, 0.717) is 11.4 Å². The third-order valence-electron chi connectivity index (χ3n) is 2.48. The largest absolute Gasteiger partial charge is 0.379 e. The van der Waals surface area contributed by atoms with Crippen molar-refractivity contribution in [2.75, 3.05) is 18.4 Å². The number of benzene rings is 1. The molecule has 0 radical (unpaired) electrons. The number of hydrogen-bond donors (Lipinski definition) is 1. The third kappa shape index (κ3) is 4.51. The molecular formula is C14H18FN3OS. The second-order valence-electron chi connectivity index (χ2n) is 4.48. The predicted octanol–water partition coefficient (Wildman–Crippen LogP) is 3.05. The lowest BCUT2D eigenvalue weighted by Gasteiger charge is -2.18. The first kappa shape index (κ1) is 16.5. The fourth-order valence-corrected chi connectivity index (χ4v) is 2.51. The van der Waals surface area contributed by atoms with E-state index in [4.69, 9.17) is 5.26 Å². The van der Waals surface area contributed by atoms with Gasteiger partial charge in [0.25, 0.3) is 0 Å². The van der Waals surface area contributed by atoms with Crippen LogP contribution in [0.2, 0.25) is 0 Å². The van der Waals surface area contributed by atoms with Gasteiger partial charge in [-0.1, -0.05) is 6.92 Å². The van der Waals surface area contributed by atoms with Crippen molar-refractivity contribution in [1.82, 2.24) is 4.31 Å². The van der Waals surface area contributed by atoms with Gasteiger partial charge in [-0.2, -0.15) is 5.26 Å². The number of nitriles is 1. The number of nitrogens with one attached hydrogen (secondary N) is 1. The number of likely N-dealkylation sites (N-methyl/N-ethyl adjacent to an activating group) is 1. The molecule has 0 aliphatic carbocycles. The van der Waals surface area contributed by atoms with Crippen molar-refractivity contribution in [2.45, 2.75) is 31.7 Å². The second-order valence-corrected chi connectivity index (χ2v) is 5.65. The predicted molar refractivity (Wildman–Crippen MR) is 79.0 cm³/mol. The number of nitrogens with zero attached hydrogens (tertiary/aromatic N) is 2. The lowest BCUT2D eigenvalue weighted by Crippen LogP contribution is -2.17. The molecule has 0 aliphatic rings. The van der Waals surface area contributed by atoms with Crippen LogP contribution in [0.5, 0.6) is 0 Å². The number of anilines is 1. The number of carbonyl (C=O) groups is 1. The summed E-state index contributed by atoms with van der Waals surface area (Å²) in [5, 5.41) is 12.1. The smallest absolute Gasteiger partial charge is 0.148 e. The molecule has 6 heteroatoms. The van der Waals surface area contributed by atoms with E-state index in [1.54, 1.807) is 10.4 Å². The summed E-state index contributed by atoms with van der Waals surface area (Å²) in [6, 6.07) is 5.05. The summed E-state index contributed by atoms with van der Waals surface area (Å²) in [6.45, 7) is 6.58. The van der Waals surface area contributed by atoms with Crippen LogP contribution in [0.4, 0.5) is 10.1 Å². The fraction of sp³-hybridized carbons (Fsp3) is 0.429. The van der Waals surface area contributed by atoms with Crippen LogP contribution in [0.15, 0.2) is 17.0 Å². The Bertz CT molecular complexity index is 514. The van der Waals surface area contributed by atoms with Gasteiger partial charge < -0.3 is 10.1 Å². The Balaban J connectivity index is 3.04. The van der Waals surface area contributed by atoms with Crippen molar-refractivity contribution in [3.8, 4) is 6.07 Å². The summed E-state index contributed by atoms with van der Waals surface area (Å²) in [7, 11) is 0. The van der Waals surface area contributed by atoms with Gasteiger partial charge in [-0.05, 0) is 37.9 Å². The molecule has 0 amide bonds. The Morgan fingerprint density at radius 1 is 1.55 bits per heavy atom. The average Bonchev–Trinajstić information content (AvgIpc) is 2.40. The first-order chi connectivity index (χ1) is 9.51. The first-order valence-electron chi connectivity index (χ1n) is 6.38. The molecular weight excluding hydrogens is 277 g/mol. The molecule has 0 bridgehead atoms. The molecule has 20 heavy (non-hydrogen) atoms. The fourth-order valence-electron chi connectivity index (χ4n) is 1.62. The molecule has 0 fully saturated rings. The van der Waals surface area contributed by atoms with Crippen molar-refractivity contribution < 1.29 is 9.18 Å². The second kappa shape index (κ2) is 7.88. The minimum absolute atomic E-state index is 0.0392.